The van der Waals surface area contributed by atoms with Crippen molar-refractivity contribution >= 4 is 39.8 Å². The van der Waals surface area contributed by atoms with Gasteiger partial charge in [0.25, 0.3) is 5.91 Å². The number of benzene rings is 1. The lowest BCUT2D eigenvalue weighted by atomic mass is 10.2. The van der Waals surface area contributed by atoms with Gasteiger partial charge >= 0.3 is 0 Å². The van der Waals surface area contributed by atoms with Gasteiger partial charge in [0.2, 0.25) is 0 Å². The molecule has 0 aliphatic rings. The molecule has 100 valence electrons. The first-order valence-electron chi connectivity index (χ1n) is 5.73. The first kappa shape index (κ1) is 14.3. The van der Waals surface area contributed by atoms with Gasteiger partial charge in [-0.3, -0.25) is 4.79 Å². The molecule has 0 aliphatic carbocycles. The summed E-state index contributed by atoms with van der Waals surface area (Å²) in [5, 5.41) is 1.89. The van der Waals surface area contributed by atoms with Gasteiger partial charge in [0.15, 0.2) is 0 Å². The average Bonchev–Trinajstić information content (AvgIpc) is 2.85. The molecule has 0 N–H and O–H groups in total. The maximum Gasteiger partial charge on any atom is 0.254 e. The lowest BCUT2D eigenvalue weighted by Crippen LogP contribution is -2.26. The Morgan fingerprint density at radius 1 is 1.42 bits per heavy atom. The highest BCUT2D eigenvalue weighted by atomic mass is 127. The van der Waals surface area contributed by atoms with Gasteiger partial charge in [0.1, 0.15) is 5.75 Å². The second kappa shape index (κ2) is 6.38. The second-order valence-corrected chi connectivity index (χ2v) is 6.92. The Hall–Kier alpha value is -1.08. The Morgan fingerprint density at radius 3 is 2.79 bits per heavy atom. The number of amides is 1. The molecule has 1 amide bonds. The van der Waals surface area contributed by atoms with Crippen molar-refractivity contribution in [3.63, 3.8) is 0 Å². The van der Waals surface area contributed by atoms with E-state index >= 15 is 0 Å². The van der Waals surface area contributed by atoms with Crippen molar-refractivity contribution in [3.05, 3.63) is 49.7 Å². The van der Waals surface area contributed by atoms with E-state index in [0.29, 0.717) is 6.54 Å². The normalized spacial score (nSPS) is 10.3. The standard InChI is InChI=1S/C14H14INO2S/c1-16(14(17)11-7-13(15)19-9-11)8-10-5-3-4-6-12(10)18-2/h3-7,9H,8H2,1-2H3. The number of ether oxygens (including phenoxy) is 1. The van der Waals surface area contributed by atoms with Gasteiger partial charge < -0.3 is 9.64 Å². The molecule has 0 saturated heterocycles. The maximum atomic E-state index is 12.3. The summed E-state index contributed by atoms with van der Waals surface area (Å²) in [7, 11) is 3.45. The number of thiophene rings is 1. The van der Waals surface area contributed by atoms with Gasteiger partial charge in [0.05, 0.1) is 15.6 Å². The number of halogens is 1. The predicted molar refractivity (Wildman–Crippen MR) is 85.8 cm³/mol. The maximum absolute atomic E-state index is 12.3. The van der Waals surface area contributed by atoms with E-state index in [0.717, 1.165) is 19.8 Å². The smallest absolute Gasteiger partial charge is 0.254 e. The summed E-state index contributed by atoms with van der Waals surface area (Å²) in [6.07, 6.45) is 0. The molecule has 1 heterocycles. The molecule has 0 radical (unpaired) electrons. The molecule has 3 nitrogen and oxygen atoms in total. The monoisotopic (exact) mass is 387 g/mol. The molecular formula is C14H14INO2S. The van der Waals surface area contributed by atoms with Crippen molar-refractivity contribution in [1.82, 2.24) is 4.90 Å². The van der Waals surface area contributed by atoms with Crippen molar-refractivity contribution in [2.24, 2.45) is 0 Å². The van der Waals surface area contributed by atoms with E-state index < -0.39 is 0 Å². The zero-order chi connectivity index (χ0) is 13.8. The molecule has 0 unspecified atom stereocenters. The summed E-state index contributed by atoms with van der Waals surface area (Å²) < 4.78 is 6.42. The summed E-state index contributed by atoms with van der Waals surface area (Å²) in [5.74, 6) is 0.840. The van der Waals surface area contributed by atoms with Crippen molar-refractivity contribution in [2.75, 3.05) is 14.2 Å². The molecule has 0 atom stereocenters. The minimum absolute atomic E-state index is 0.0325. The number of nitrogens with zero attached hydrogens (tertiary/aromatic N) is 1. The minimum atomic E-state index is 0.0325. The predicted octanol–water partition coefficient (Wildman–Crippen LogP) is 3.63. The summed E-state index contributed by atoms with van der Waals surface area (Å²) >= 11 is 3.80. The highest BCUT2D eigenvalue weighted by Crippen LogP contribution is 2.21. The van der Waals surface area contributed by atoms with E-state index in [2.05, 4.69) is 22.6 Å². The van der Waals surface area contributed by atoms with Crippen molar-refractivity contribution in [2.45, 2.75) is 6.54 Å². The first-order chi connectivity index (χ1) is 9.11. The Morgan fingerprint density at radius 2 is 2.16 bits per heavy atom. The van der Waals surface area contributed by atoms with Gasteiger partial charge in [-0.1, -0.05) is 18.2 Å². The number of methoxy groups -OCH3 is 1. The third-order valence-electron chi connectivity index (χ3n) is 2.76. The molecule has 2 aromatic rings. The topological polar surface area (TPSA) is 29.5 Å². The van der Waals surface area contributed by atoms with Gasteiger partial charge in [-0.2, -0.15) is 0 Å². The van der Waals surface area contributed by atoms with Crippen LogP contribution in [0.25, 0.3) is 0 Å². The van der Waals surface area contributed by atoms with Crippen LogP contribution in [-0.2, 0) is 6.54 Å². The van der Waals surface area contributed by atoms with Crippen LogP contribution in [0.4, 0.5) is 0 Å². The van der Waals surface area contributed by atoms with Crippen LogP contribution in [0.1, 0.15) is 15.9 Å². The molecule has 0 fully saturated rings. The van der Waals surface area contributed by atoms with Gasteiger partial charge in [-0.05, 0) is 34.7 Å². The van der Waals surface area contributed by atoms with Crippen LogP contribution < -0.4 is 4.74 Å². The SMILES string of the molecule is COc1ccccc1CN(C)C(=O)c1csc(I)c1. The molecule has 1 aromatic heterocycles. The van der Waals surface area contributed by atoms with Crippen molar-refractivity contribution < 1.29 is 9.53 Å². The summed E-state index contributed by atoms with van der Waals surface area (Å²) in [6, 6.07) is 9.66. The Bertz CT molecular complexity index is 582. The van der Waals surface area contributed by atoms with E-state index in [1.807, 2.05) is 35.7 Å². The van der Waals surface area contributed by atoms with Crippen LogP contribution >= 0.6 is 33.9 Å². The van der Waals surface area contributed by atoms with E-state index in [4.69, 9.17) is 4.74 Å². The molecule has 19 heavy (non-hydrogen) atoms. The number of hydrogen-bond donors (Lipinski definition) is 0. The average molecular weight is 387 g/mol. The molecule has 0 spiro atoms. The number of rotatable bonds is 4. The molecule has 0 bridgehead atoms. The molecule has 1 aromatic carbocycles. The van der Waals surface area contributed by atoms with Crippen LogP contribution in [0.3, 0.4) is 0 Å². The molecule has 5 heteroatoms. The molecule has 2 rings (SSSR count). The second-order valence-electron chi connectivity index (χ2n) is 4.11. The van der Waals surface area contributed by atoms with Crippen LogP contribution in [0, 0.1) is 2.88 Å². The lowest BCUT2D eigenvalue weighted by molar-refractivity contribution is 0.0784. The Labute approximate surface area is 130 Å². The zero-order valence-corrected chi connectivity index (χ0v) is 13.7. The summed E-state index contributed by atoms with van der Waals surface area (Å²) in [5.41, 5.74) is 1.75. The fourth-order valence-corrected chi connectivity index (χ4v) is 3.12. The zero-order valence-electron chi connectivity index (χ0n) is 10.7. The molecular weight excluding hydrogens is 373 g/mol. The highest BCUT2D eigenvalue weighted by molar-refractivity contribution is 14.1. The molecule has 0 aliphatic heterocycles. The third-order valence-corrected chi connectivity index (χ3v) is 4.55. The molecule has 0 saturated carbocycles. The van der Waals surface area contributed by atoms with E-state index in [9.17, 15) is 4.79 Å². The van der Waals surface area contributed by atoms with Crippen LogP contribution in [0.15, 0.2) is 35.7 Å². The van der Waals surface area contributed by atoms with Gasteiger partial charge in [0, 0.05) is 24.5 Å². The van der Waals surface area contributed by atoms with Crippen molar-refractivity contribution in [3.8, 4) is 5.75 Å². The number of carbonyl (C=O) groups excluding carboxylic acids is 1. The van der Waals surface area contributed by atoms with Crippen LogP contribution in [-0.4, -0.2) is 25.0 Å². The lowest BCUT2D eigenvalue weighted by Gasteiger charge is -2.18. The van der Waals surface area contributed by atoms with Crippen molar-refractivity contribution in [1.29, 1.82) is 0 Å². The van der Waals surface area contributed by atoms with E-state index in [1.54, 1.807) is 30.4 Å². The quantitative estimate of drug-likeness (QED) is 0.750. The number of carbonyl (C=O) groups is 1. The first-order valence-corrected chi connectivity index (χ1v) is 7.69. The van der Waals surface area contributed by atoms with E-state index in [-0.39, 0.29) is 5.91 Å². The van der Waals surface area contributed by atoms with Crippen LogP contribution in [0.5, 0.6) is 5.75 Å². The Kier molecular flexibility index (Phi) is 4.81. The van der Waals surface area contributed by atoms with E-state index in [1.165, 1.54) is 0 Å². The minimum Gasteiger partial charge on any atom is -0.496 e. The summed E-state index contributed by atoms with van der Waals surface area (Å²) in [6.45, 7) is 0.537. The Balaban J connectivity index is 2.12. The fourth-order valence-electron chi connectivity index (χ4n) is 1.80. The summed E-state index contributed by atoms with van der Waals surface area (Å²) in [4.78, 5) is 14.0. The fraction of sp³-hybridized carbons (Fsp3) is 0.214. The largest absolute Gasteiger partial charge is 0.496 e. The number of para-hydroxylation sites is 1. The highest BCUT2D eigenvalue weighted by Gasteiger charge is 2.15. The van der Waals surface area contributed by atoms with Gasteiger partial charge in [-0.25, -0.2) is 0 Å². The van der Waals surface area contributed by atoms with Crippen LogP contribution in [0.2, 0.25) is 0 Å². The number of hydrogen-bond acceptors (Lipinski definition) is 3. The van der Waals surface area contributed by atoms with Gasteiger partial charge in [-0.15, -0.1) is 11.3 Å². The third kappa shape index (κ3) is 3.48.